The van der Waals surface area contributed by atoms with Crippen molar-refractivity contribution in [1.29, 1.82) is 0 Å². The third kappa shape index (κ3) is 4.51. The van der Waals surface area contributed by atoms with Crippen LogP contribution in [-0.4, -0.2) is 25.0 Å². The second kappa shape index (κ2) is 7.08. The number of ether oxygens (including phenoxy) is 1. The number of hydrogen-bond donors (Lipinski definition) is 2. The highest BCUT2D eigenvalue weighted by molar-refractivity contribution is 9.10. The molecule has 7 heteroatoms. The van der Waals surface area contributed by atoms with Gasteiger partial charge in [-0.3, -0.25) is 9.59 Å². The maximum atomic E-state index is 13.1. The van der Waals surface area contributed by atoms with Crippen molar-refractivity contribution >= 4 is 33.5 Å². The number of carbonyl (C=O) groups excluding carboxylic acids is 2. The molecule has 0 aromatic heterocycles. The first-order valence-corrected chi connectivity index (χ1v) is 6.43. The lowest BCUT2D eigenvalue weighted by Crippen LogP contribution is -2.27. The van der Waals surface area contributed by atoms with Gasteiger partial charge in [-0.25, -0.2) is 4.39 Å². The summed E-state index contributed by atoms with van der Waals surface area (Å²) in [7, 11) is 0. The van der Waals surface area contributed by atoms with Crippen LogP contribution in [0, 0.1) is 5.82 Å². The van der Waals surface area contributed by atoms with Gasteiger partial charge < -0.3 is 15.8 Å². The minimum atomic E-state index is -0.602. The number of nitrogens with one attached hydrogen (secondary N) is 1. The summed E-state index contributed by atoms with van der Waals surface area (Å²) in [6, 6.07) is 2.36. The number of esters is 1. The van der Waals surface area contributed by atoms with E-state index in [2.05, 4.69) is 21.2 Å². The van der Waals surface area contributed by atoms with Gasteiger partial charge in [-0.1, -0.05) is 0 Å². The van der Waals surface area contributed by atoms with E-state index in [1.54, 1.807) is 6.92 Å². The van der Waals surface area contributed by atoms with Crippen LogP contribution < -0.4 is 11.1 Å². The van der Waals surface area contributed by atoms with Crippen molar-refractivity contribution in [3.8, 4) is 0 Å². The number of benzene rings is 1. The molecule has 0 saturated heterocycles. The van der Waals surface area contributed by atoms with Crippen molar-refractivity contribution in [2.75, 3.05) is 18.9 Å². The fourth-order valence-corrected chi connectivity index (χ4v) is 1.84. The molecule has 3 N–H and O–H groups in total. The molecule has 0 aliphatic heterocycles. The van der Waals surface area contributed by atoms with E-state index in [0.717, 1.165) is 6.07 Å². The van der Waals surface area contributed by atoms with E-state index < -0.39 is 11.7 Å². The first-order valence-electron chi connectivity index (χ1n) is 5.64. The van der Waals surface area contributed by atoms with Gasteiger partial charge >= 0.3 is 5.97 Å². The smallest absolute Gasteiger partial charge is 0.307 e. The molecule has 0 fully saturated rings. The molecule has 19 heavy (non-hydrogen) atoms. The SMILES string of the molecule is CCOC(=O)CCNC(=O)c1cc(N)c(F)cc1Br. The zero-order chi connectivity index (χ0) is 14.4. The Morgan fingerprint density at radius 1 is 1.47 bits per heavy atom. The van der Waals surface area contributed by atoms with Gasteiger partial charge in [0.05, 0.1) is 24.3 Å². The minimum absolute atomic E-state index is 0.0773. The van der Waals surface area contributed by atoms with Gasteiger partial charge in [0.15, 0.2) is 0 Å². The summed E-state index contributed by atoms with van der Waals surface area (Å²) in [5.74, 6) is -1.43. The van der Waals surface area contributed by atoms with Crippen molar-refractivity contribution in [3.05, 3.63) is 28.0 Å². The van der Waals surface area contributed by atoms with Gasteiger partial charge in [-0.15, -0.1) is 0 Å². The van der Waals surface area contributed by atoms with Crippen molar-refractivity contribution in [2.45, 2.75) is 13.3 Å². The highest BCUT2D eigenvalue weighted by atomic mass is 79.9. The van der Waals surface area contributed by atoms with E-state index in [0.29, 0.717) is 11.1 Å². The summed E-state index contributed by atoms with van der Waals surface area (Å²) in [4.78, 5) is 22.9. The zero-order valence-corrected chi connectivity index (χ0v) is 11.9. The number of carbonyl (C=O) groups is 2. The molecule has 5 nitrogen and oxygen atoms in total. The first-order chi connectivity index (χ1) is 8.95. The Bertz CT molecular complexity index is 494. The topological polar surface area (TPSA) is 81.4 Å². The molecule has 1 aromatic carbocycles. The van der Waals surface area contributed by atoms with E-state index in [4.69, 9.17) is 10.5 Å². The molecule has 0 bridgehead atoms. The highest BCUT2D eigenvalue weighted by Crippen LogP contribution is 2.22. The van der Waals surface area contributed by atoms with Gasteiger partial charge in [0, 0.05) is 11.0 Å². The average molecular weight is 333 g/mol. The molecular formula is C12H14BrFN2O3. The Morgan fingerprint density at radius 3 is 2.79 bits per heavy atom. The number of amides is 1. The lowest BCUT2D eigenvalue weighted by molar-refractivity contribution is -0.142. The van der Waals surface area contributed by atoms with Crippen molar-refractivity contribution < 1.29 is 18.7 Å². The third-order valence-corrected chi connectivity index (χ3v) is 2.91. The molecule has 1 amide bonds. The Kier molecular flexibility index (Phi) is 5.75. The molecule has 104 valence electrons. The van der Waals surface area contributed by atoms with Crippen LogP contribution in [0.2, 0.25) is 0 Å². The molecule has 1 aromatic rings. The average Bonchev–Trinajstić information content (AvgIpc) is 2.34. The maximum absolute atomic E-state index is 13.1. The van der Waals surface area contributed by atoms with Gasteiger partial charge in [-0.05, 0) is 35.0 Å². The van der Waals surface area contributed by atoms with E-state index in [9.17, 15) is 14.0 Å². The fourth-order valence-electron chi connectivity index (χ4n) is 1.35. The molecular weight excluding hydrogens is 319 g/mol. The second-order valence-corrected chi connectivity index (χ2v) is 4.52. The molecule has 0 aliphatic rings. The second-order valence-electron chi connectivity index (χ2n) is 3.66. The molecule has 0 aliphatic carbocycles. The Morgan fingerprint density at radius 2 is 2.16 bits per heavy atom. The van der Waals surface area contributed by atoms with E-state index in [1.165, 1.54) is 6.07 Å². The van der Waals surface area contributed by atoms with E-state index in [1.807, 2.05) is 0 Å². The summed E-state index contributed by atoms with van der Waals surface area (Å²) in [6.45, 7) is 2.14. The lowest BCUT2D eigenvalue weighted by Gasteiger charge is -2.08. The molecule has 0 unspecified atom stereocenters. The van der Waals surface area contributed by atoms with Crippen LogP contribution in [0.4, 0.5) is 10.1 Å². The van der Waals surface area contributed by atoms with Crippen LogP contribution in [0.3, 0.4) is 0 Å². The molecule has 0 atom stereocenters. The lowest BCUT2D eigenvalue weighted by atomic mass is 10.2. The van der Waals surface area contributed by atoms with Crippen molar-refractivity contribution in [2.24, 2.45) is 0 Å². The van der Waals surface area contributed by atoms with Crippen LogP contribution in [0.25, 0.3) is 0 Å². The summed E-state index contributed by atoms with van der Waals surface area (Å²) in [6.07, 6.45) is 0.0773. The highest BCUT2D eigenvalue weighted by Gasteiger charge is 2.13. The molecule has 0 radical (unpaired) electrons. The van der Waals surface area contributed by atoms with Crippen LogP contribution in [0.5, 0.6) is 0 Å². The van der Waals surface area contributed by atoms with Crippen LogP contribution in [0.1, 0.15) is 23.7 Å². The Labute approximate surface area is 118 Å². The molecule has 1 rings (SSSR count). The molecule has 0 spiro atoms. The largest absolute Gasteiger partial charge is 0.466 e. The maximum Gasteiger partial charge on any atom is 0.307 e. The van der Waals surface area contributed by atoms with Gasteiger partial charge in [0.1, 0.15) is 5.82 Å². The fraction of sp³-hybridized carbons (Fsp3) is 0.333. The number of hydrogen-bond acceptors (Lipinski definition) is 4. The molecule has 0 saturated carbocycles. The van der Waals surface area contributed by atoms with E-state index in [-0.39, 0.29) is 30.2 Å². The number of anilines is 1. The predicted octanol–water partition coefficient (Wildman–Crippen LogP) is 1.85. The predicted molar refractivity (Wildman–Crippen MR) is 72.1 cm³/mol. The monoisotopic (exact) mass is 332 g/mol. The summed E-state index contributed by atoms with van der Waals surface area (Å²) >= 11 is 3.08. The van der Waals surface area contributed by atoms with Crippen LogP contribution in [-0.2, 0) is 9.53 Å². The van der Waals surface area contributed by atoms with Gasteiger partial charge in [-0.2, -0.15) is 0 Å². The summed E-state index contributed by atoms with van der Waals surface area (Å²) in [5, 5.41) is 2.53. The third-order valence-electron chi connectivity index (χ3n) is 2.25. The standard InChI is InChI=1S/C12H14BrFN2O3/c1-2-19-11(17)3-4-16-12(18)7-5-10(15)9(14)6-8(7)13/h5-6H,2-4,15H2,1H3,(H,16,18). The minimum Gasteiger partial charge on any atom is -0.466 e. The van der Waals surface area contributed by atoms with Gasteiger partial charge in [0.25, 0.3) is 5.91 Å². The normalized spacial score (nSPS) is 10.1. The zero-order valence-electron chi connectivity index (χ0n) is 10.3. The van der Waals surface area contributed by atoms with E-state index >= 15 is 0 Å². The number of halogens is 2. The Hall–Kier alpha value is -1.63. The number of rotatable bonds is 5. The number of nitrogen functional groups attached to an aromatic ring is 1. The van der Waals surface area contributed by atoms with Crippen LogP contribution >= 0.6 is 15.9 Å². The summed E-state index contributed by atoms with van der Waals surface area (Å²) < 4.78 is 18.1. The first kappa shape index (κ1) is 15.4. The van der Waals surface area contributed by atoms with Gasteiger partial charge in [0.2, 0.25) is 0 Å². The summed E-state index contributed by atoms with van der Waals surface area (Å²) in [5.41, 5.74) is 5.49. The quantitative estimate of drug-likeness (QED) is 0.637. The van der Waals surface area contributed by atoms with Crippen molar-refractivity contribution in [1.82, 2.24) is 5.32 Å². The van der Waals surface area contributed by atoms with Crippen LogP contribution in [0.15, 0.2) is 16.6 Å². The van der Waals surface area contributed by atoms with Crippen molar-refractivity contribution in [3.63, 3.8) is 0 Å². The molecule has 0 heterocycles. The number of nitrogens with two attached hydrogens (primary N) is 1. The Balaban J connectivity index is 2.59.